The van der Waals surface area contributed by atoms with Crippen molar-refractivity contribution < 1.29 is 14.3 Å². The zero-order valence-corrected chi connectivity index (χ0v) is 14.4. The summed E-state index contributed by atoms with van der Waals surface area (Å²) in [5.41, 5.74) is 1.34. The van der Waals surface area contributed by atoms with Crippen LogP contribution >= 0.6 is 0 Å². The van der Waals surface area contributed by atoms with Crippen molar-refractivity contribution in [2.75, 3.05) is 33.5 Å². The fourth-order valence-electron chi connectivity index (χ4n) is 3.50. The summed E-state index contributed by atoms with van der Waals surface area (Å²) in [4.78, 5) is 14.6. The lowest BCUT2D eigenvalue weighted by Crippen LogP contribution is -2.39. The van der Waals surface area contributed by atoms with Crippen LogP contribution in [0.4, 0.5) is 0 Å². The second-order valence-corrected chi connectivity index (χ2v) is 6.08. The number of amides is 1. The number of hydrogen-bond acceptors (Lipinski definition) is 3. The smallest absolute Gasteiger partial charge is 0.225 e. The monoisotopic (exact) mass is 319 g/mol. The van der Waals surface area contributed by atoms with E-state index in [9.17, 15) is 4.79 Å². The van der Waals surface area contributed by atoms with Crippen LogP contribution in [0.15, 0.2) is 30.3 Å². The molecule has 2 atom stereocenters. The van der Waals surface area contributed by atoms with Crippen LogP contribution in [0.25, 0.3) is 0 Å². The standard InChI is InChI=1S/C19H29NO3/c1-3-17(16-8-5-4-6-9-16)18-10-7-12-20(18)19(21)11-13-23-15-14-22-2/h4-6,8-9,17-18H,3,7,10-15H2,1-2H3/t17-,18+/m0/s1. The molecule has 1 saturated heterocycles. The Balaban J connectivity index is 1.92. The van der Waals surface area contributed by atoms with Crippen LogP contribution in [0.1, 0.15) is 44.1 Å². The number of carbonyl (C=O) groups is 1. The second-order valence-electron chi connectivity index (χ2n) is 6.08. The minimum absolute atomic E-state index is 0.222. The van der Waals surface area contributed by atoms with E-state index in [1.807, 2.05) is 6.07 Å². The third kappa shape index (κ3) is 5.05. The van der Waals surface area contributed by atoms with E-state index in [0.29, 0.717) is 38.2 Å². The number of nitrogens with zero attached hydrogens (tertiary/aromatic N) is 1. The van der Waals surface area contributed by atoms with E-state index in [1.54, 1.807) is 7.11 Å². The summed E-state index contributed by atoms with van der Waals surface area (Å²) in [7, 11) is 1.65. The third-order valence-corrected chi connectivity index (χ3v) is 4.64. The molecule has 4 nitrogen and oxygen atoms in total. The number of ether oxygens (including phenoxy) is 2. The van der Waals surface area contributed by atoms with E-state index in [0.717, 1.165) is 25.8 Å². The molecule has 1 aromatic rings. The summed E-state index contributed by atoms with van der Waals surface area (Å²) in [6, 6.07) is 10.9. The van der Waals surface area contributed by atoms with Crippen LogP contribution in [-0.2, 0) is 14.3 Å². The van der Waals surface area contributed by atoms with E-state index in [4.69, 9.17) is 9.47 Å². The average molecular weight is 319 g/mol. The zero-order valence-electron chi connectivity index (χ0n) is 14.4. The van der Waals surface area contributed by atoms with E-state index < -0.39 is 0 Å². The van der Waals surface area contributed by atoms with Crippen molar-refractivity contribution in [2.45, 2.75) is 44.6 Å². The first-order chi connectivity index (χ1) is 11.3. The Bertz CT molecular complexity index is 463. The van der Waals surface area contributed by atoms with Gasteiger partial charge in [0.15, 0.2) is 0 Å². The normalized spacial score (nSPS) is 19.0. The highest BCUT2D eigenvalue weighted by molar-refractivity contribution is 5.77. The van der Waals surface area contributed by atoms with Crippen molar-refractivity contribution in [1.82, 2.24) is 4.90 Å². The van der Waals surface area contributed by atoms with Gasteiger partial charge in [-0.3, -0.25) is 4.79 Å². The first-order valence-corrected chi connectivity index (χ1v) is 8.69. The van der Waals surface area contributed by atoms with Crippen LogP contribution in [0, 0.1) is 0 Å². The van der Waals surface area contributed by atoms with Crippen LogP contribution in [0.3, 0.4) is 0 Å². The molecule has 1 heterocycles. The molecule has 0 spiro atoms. The number of likely N-dealkylation sites (tertiary alicyclic amines) is 1. The predicted molar refractivity (Wildman–Crippen MR) is 91.5 cm³/mol. The molecule has 1 amide bonds. The van der Waals surface area contributed by atoms with Gasteiger partial charge in [0.25, 0.3) is 0 Å². The minimum atomic E-state index is 0.222. The third-order valence-electron chi connectivity index (χ3n) is 4.64. The summed E-state index contributed by atoms with van der Waals surface area (Å²) < 4.78 is 10.4. The van der Waals surface area contributed by atoms with Crippen molar-refractivity contribution >= 4 is 5.91 Å². The molecule has 1 aliphatic heterocycles. The molecule has 1 fully saturated rings. The number of rotatable bonds is 9. The maximum Gasteiger partial charge on any atom is 0.225 e. The molecule has 0 bridgehead atoms. The van der Waals surface area contributed by atoms with E-state index in [1.165, 1.54) is 5.56 Å². The zero-order chi connectivity index (χ0) is 16.5. The Morgan fingerprint density at radius 1 is 1.26 bits per heavy atom. The highest BCUT2D eigenvalue weighted by Gasteiger charge is 2.34. The molecular formula is C19H29NO3. The van der Waals surface area contributed by atoms with E-state index in [-0.39, 0.29) is 5.91 Å². The predicted octanol–water partition coefficient (Wildman–Crippen LogP) is 3.22. The first kappa shape index (κ1) is 18.0. The van der Waals surface area contributed by atoms with Gasteiger partial charge in [-0.2, -0.15) is 0 Å². The molecule has 2 rings (SSSR count). The van der Waals surface area contributed by atoms with Gasteiger partial charge < -0.3 is 14.4 Å². The maximum absolute atomic E-state index is 12.6. The summed E-state index contributed by atoms with van der Waals surface area (Å²) >= 11 is 0. The number of benzene rings is 1. The minimum Gasteiger partial charge on any atom is -0.382 e. The van der Waals surface area contributed by atoms with Gasteiger partial charge in [0.2, 0.25) is 5.91 Å². The van der Waals surface area contributed by atoms with Gasteiger partial charge in [-0.25, -0.2) is 0 Å². The lowest BCUT2D eigenvalue weighted by molar-refractivity contribution is -0.133. The molecule has 0 aliphatic carbocycles. The van der Waals surface area contributed by atoms with Crippen molar-refractivity contribution in [3.63, 3.8) is 0 Å². The van der Waals surface area contributed by atoms with Crippen LogP contribution in [0.2, 0.25) is 0 Å². The first-order valence-electron chi connectivity index (χ1n) is 8.69. The lowest BCUT2D eigenvalue weighted by atomic mass is 9.87. The Labute approximate surface area is 139 Å². The molecule has 0 radical (unpaired) electrons. The molecule has 4 heteroatoms. The maximum atomic E-state index is 12.6. The molecule has 0 saturated carbocycles. The number of hydrogen-bond donors (Lipinski definition) is 0. The Morgan fingerprint density at radius 2 is 2.04 bits per heavy atom. The molecule has 0 aromatic heterocycles. The van der Waals surface area contributed by atoms with Gasteiger partial charge in [0.05, 0.1) is 26.2 Å². The number of methoxy groups -OCH3 is 1. The van der Waals surface area contributed by atoms with Crippen molar-refractivity contribution in [1.29, 1.82) is 0 Å². The van der Waals surface area contributed by atoms with Gasteiger partial charge in [-0.05, 0) is 24.8 Å². The molecule has 23 heavy (non-hydrogen) atoms. The average Bonchev–Trinajstić information content (AvgIpc) is 3.06. The molecule has 1 aliphatic rings. The van der Waals surface area contributed by atoms with Crippen molar-refractivity contribution in [3.8, 4) is 0 Å². The lowest BCUT2D eigenvalue weighted by Gasteiger charge is -2.31. The Hall–Kier alpha value is -1.39. The largest absolute Gasteiger partial charge is 0.382 e. The van der Waals surface area contributed by atoms with Crippen LogP contribution in [0.5, 0.6) is 0 Å². The van der Waals surface area contributed by atoms with Gasteiger partial charge in [-0.15, -0.1) is 0 Å². The SMILES string of the molecule is CC[C@@H](c1ccccc1)[C@H]1CCCN1C(=O)CCOCCOC. The molecule has 0 N–H and O–H groups in total. The highest BCUT2D eigenvalue weighted by atomic mass is 16.5. The quantitative estimate of drug-likeness (QED) is 0.656. The Kier molecular flexibility index (Phi) is 7.56. The molecule has 128 valence electrons. The molecule has 1 aromatic carbocycles. The second kappa shape index (κ2) is 9.68. The van der Waals surface area contributed by atoms with Crippen LogP contribution in [-0.4, -0.2) is 50.3 Å². The fourth-order valence-corrected chi connectivity index (χ4v) is 3.50. The highest BCUT2D eigenvalue weighted by Crippen LogP contribution is 2.33. The summed E-state index contributed by atoms with van der Waals surface area (Å²) in [6.45, 7) is 4.70. The van der Waals surface area contributed by atoms with Gasteiger partial charge in [0, 0.05) is 25.6 Å². The van der Waals surface area contributed by atoms with Crippen molar-refractivity contribution in [3.05, 3.63) is 35.9 Å². The molecule has 0 unspecified atom stereocenters. The van der Waals surface area contributed by atoms with Gasteiger partial charge in [-0.1, -0.05) is 37.3 Å². The van der Waals surface area contributed by atoms with Gasteiger partial charge >= 0.3 is 0 Å². The van der Waals surface area contributed by atoms with Gasteiger partial charge in [0.1, 0.15) is 0 Å². The van der Waals surface area contributed by atoms with Crippen LogP contribution < -0.4 is 0 Å². The summed E-state index contributed by atoms with van der Waals surface area (Å²) in [5, 5.41) is 0. The topological polar surface area (TPSA) is 38.8 Å². The van der Waals surface area contributed by atoms with E-state index >= 15 is 0 Å². The Morgan fingerprint density at radius 3 is 2.74 bits per heavy atom. The van der Waals surface area contributed by atoms with Crippen molar-refractivity contribution in [2.24, 2.45) is 0 Å². The molecular weight excluding hydrogens is 290 g/mol. The van der Waals surface area contributed by atoms with E-state index in [2.05, 4.69) is 36.1 Å². The number of carbonyl (C=O) groups excluding carboxylic acids is 1. The fraction of sp³-hybridized carbons (Fsp3) is 0.632. The summed E-state index contributed by atoms with van der Waals surface area (Å²) in [6.07, 6.45) is 3.72. The summed E-state index contributed by atoms with van der Waals surface area (Å²) in [5.74, 6) is 0.649.